The largest absolute Gasteiger partial charge is 0.467 e. The number of hydrogen-bond donors (Lipinski definition) is 0. The van der Waals surface area contributed by atoms with Crippen LogP contribution in [0.4, 0.5) is 0 Å². The lowest BCUT2D eigenvalue weighted by molar-refractivity contribution is -0.127. The third kappa shape index (κ3) is 3.37. The molecule has 0 spiro atoms. The van der Waals surface area contributed by atoms with E-state index in [1.54, 1.807) is 31.6 Å². The first kappa shape index (κ1) is 13.7. The van der Waals surface area contributed by atoms with E-state index in [9.17, 15) is 4.79 Å². The van der Waals surface area contributed by atoms with Gasteiger partial charge in [0.15, 0.2) is 5.16 Å². The molecule has 0 aliphatic heterocycles. The molecule has 0 bridgehead atoms. The average molecular weight is 280 g/mol. The van der Waals surface area contributed by atoms with Crippen LogP contribution in [0.2, 0.25) is 0 Å². The summed E-state index contributed by atoms with van der Waals surface area (Å²) in [7, 11) is 3.49. The number of aromatic nitrogens is 3. The molecule has 0 fully saturated rings. The molecular weight excluding hydrogens is 264 g/mol. The highest BCUT2D eigenvalue weighted by Crippen LogP contribution is 2.22. The van der Waals surface area contributed by atoms with Gasteiger partial charge < -0.3 is 13.9 Å². The first-order valence-corrected chi connectivity index (χ1v) is 6.74. The molecule has 0 aromatic carbocycles. The monoisotopic (exact) mass is 280 g/mol. The van der Waals surface area contributed by atoms with Gasteiger partial charge in [-0.05, 0) is 19.1 Å². The van der Waals surface area contributed by atoms with Crippen molar-refractivity contribution in [3.05, 3.63) is 30.5 Å². The van der Waals surface area contributed by atoms with Crippen molar-refractivity contribution < 1.29 is 9.21 Å². The van der Waals surface area contributed by atoms with Crippen LogP contribution in [0.1, 0.15) is 12.7 Å². The van der Waals surface area contributed by atoms with Crippen molar-refractivity contribution in [3.8, 4) is 0 Å². The Morgan fingerprint density at radius 3 is 3.00 bits per heavy atom. The summed E-state index contributed by atoms with van der Waals surface area (Å²) in [4.78, 5) is 13.4. The van der Waals surface area contributed by atoms with Crippen LogP contribution in [0, 0.1) is 0 Å². The summed E-state index contributed by atoms with van der Waals surface area (Å²) in [5, 5.41) is 8.44. The molecule has 1 atom stereocenters. The summed E-state index contributed by atoms with van der Waals surface area (Å²) in [6.45, 7) is 2.42. The molecule has 2 heterocycles. The molecule has 0 radical (unpaired) electrons. The number of thioether (sulfide) groups is 1. The fourth-order valence-corrected chi connectivity index (χ4v) is 2.56. The van der Waals surface area contributed by atoms with Gasteiger partial charge in [-0.15, -0.1) is 10.2 Å². The molecule has 0 saturated carbocycles. The molecule has 0 N–H and O–H groups in total. The summed E-state index contributed by atoms with van der Waals surface area (Å²) in [5.74, 6) is 0.880. The summed E-state index contributed by atoms with van der Waals surface area (Å²) >= 11 is 1.39. The molecule has 19 heavy (non-hydrogen) atoms. The van der Waals surface area contributed by atoms with E-state index >= 15 is 0 Å². The zero-order chi connectivity index (χ0) is 13.8. The van der Waals surface area contributed by atoms with Gasteiger partial charge in [-0.2, -0.15) is 0 Å². The Bertz CT molecular complexity index is 536. The van der Waals surface area contributed by atoms with Crippen LogP contribution >= 0.6 is 11.8 Å². The summed E-state index contributed by atoms with van der Waals surface area (Å²) < 4.78 is 7.16. The van der Waals surface area contributed by atoms with E-state index in [-0.39, 0.29) is 11.2 Å². The SMILES string of the molecule is C[C@@H](Sc1nncn1Cc1ccco1)C(=O)N(C)C. The van der Waals surface area contributed by atoms with Crippen LogP contribution in [0.25, 0.3) is 0 Å². The highest BCUT2D eigenvalue weighted by Gasteiger charge is 2.19. The van der Waals surface area contributed by atoms with Gasteiger partial charge in [0.25, 0.3) is 0 Å². The Kier molecular flexibility index (Phi) is 4.26. The Morgan fingerprint density at radius 1 is 1.58 bits per heavy atom. The van der Waals surface area contributed by atoms with Crippen LogP contribution in [0.15, 0.2) is 34.3 Å². The molecule has 102 valence electrons. The Hall–Kier alpha value is -1.76. The van der Waals surface area contributed by atoms with Gasteiger partial charge >= 0.3 is 0 Å². The van der Waals surface area contributed by atoms with Crippen molar-refractivity contribution in [3.63, 3.8) is 0 Å². The van der Waals surface area contributed by atoms with Gasteiger partial charge in [0, 0.05) is 14.1 Å². The third-order valence-corrected chi connectivity index (χ3v) is 3.64. The smallest absolute Gasteiger partial charge is 0.235 e. The highest BCUT2D eigenvalue weighted by atomic mass is 32.2. The van der Waals surface area contributed by atoms with Gasteiger partial charge in [-0.1, -0.05) is 11.8 Å². The van der Waals surface area contributed by atoms with Crippen LogP contribution in [0.5, 0.6) is 0 Å². The van der Waals surface area contributed by atoms with Gasteiger partial charge in [0.1, 0.15) is 12.1 Å². The first-order valence-electron chi connectivity index (χ1n) is 5.86. The average Bonchev–Trinajstić information content (AvgIpc) is 3.01. The van der Waals surface area contributed by atoms with Crippen LogP contribution in [0.3, 0.4) is 0 Å². The first-order chi connectivity index (χ1) is 9.08. The number of amides is 1. The van der Waals surface area contributed by atoms with E-state index in [2.05, 4.69) is 10.2 Å². The van der Waals surface area contributed by atoms with Crippen molar-refractivity contribution in [1.29, 1.82) is 0 Å². The van der Waals surface area contributed by atoms with Gasteiger partial charge in [0.05, 0.1) is 18.1 Å². The Morgan fingerprint density at radius 2 is 2.37 bits per heavy atom. The molecule has 0 unspecified atom stereocenters. The van der Waals surface area contributed by atoms with Crippen LogP contribution in [-0.2, 0) is 11.3 Å². The number of carbonyl (C=O) groups is 1. The molecule has 2 aromatic heterocycles. The maximum atomic E-state index is 11.8. The van der Waals surface area contributed by atoms with Crippen molar-refractivity contribution >= 4 is 17.7 Å². The lowest BCUT2D eigenvalue weighted by Crippen LogP contribution is -2.29. The van der Waals surface area contributed by atoms with Gasteiger partial charge in [-0.25, -0.2) is 0 Å². The fraction of sp³-hybridized carbons (Fsp3) is 0.417. The van der Waals surface area contributed by atoms with Crippen LogP contribution < -0.4 is 0 Å². The van der Waals surface area contributed by atoms with E-state index in [4.69, 9.17) is 4.42 Å². The predicted molar refractivity (Wildman–Crippen MR) is 71.8 cm³/mol. The second-order valence-corrected chi connectivity index (χ2v) is 5.62. The highest BCUT2D eigenvalue weighted by molar-refractivity contribution is 8.00. The van der Waals surface area contributed by atoms with Crippen molar-refractivity contribution in [1.82, 2.24) is 19.7 Å². The van der Waals surface area contributed by atoms with Gasteiger partial charge in [0.2, 0.25) is 5.91 Å². The summed E-state index contributed by atoms with van der Waals surface area (Å²) in [6, 6.07) is 3.73. The third-order valence-electron chi connectivity index (χ3n) is 2.56. The number of hydrogen-bond acceptors (Lipinski definition) is 5. The Balaban J connectivity index is 2.05. The molecule has 0 aliphatic rings. The zero-order valence-corrected chi connectivity index (χ0v) is 11.9. The number of carbonyl (C=O) groups excluding carboxylic acids is 1. The number of furan rings is 1. The second-order valence-electron chi connectivity index (χ2n) is 4.31. The minimum absolute atomic E-state index is 0.0533. The van der Waals surface area contributed by atoms with E-state index in [0.29, 0.717) is 11.7 Å². The normalized spacial score (nSPS) is 12.4. The molecule has 0 saturated heterocycles. The standard InChI is InChI=1S/C12H16N4O2S/c1-9(11(17)15(2)3)19-12-14-13-8-16(12)7-10-5-4-6-18-10/h4-6,8-9H,7H2,1-3H3/t9-/m1/s1. The van der Waals surface area contributed by atoms with Crippen molar-refractivity contribution in [2.75, 3.05) is 14.1 Å². The summed E-state index contributed by atoms with van der Waals surface area (Å²) in [5.41, 5.74) is 0. The van der Waals surface area contributed by atoms with Gasteiger partial charge in [-0.3, -0.25) is 4.79 Å². The lowest BCUT2D eigenvalue weighted by atomic mass is 10.4. The summed E-state index contributed by atoms with van der Waals surface area (Å²) in [6.07, 6.45) is 3.27. The van der Waals surface area contributed by atoms with E-state index in [0.717, 1.165) is 5.76 Å². The fourth-order valence-electron chi connectivity index (χ4n) is 1.59. The maximum absolute atomic E-state index is 11.8. The number of nitrogens with zero attached hydrogens (tertiary/aromatic N) is 4. The van der Waals surface area contributed by atoms with Crippen LogP contribution in [-0.4, -0.2) is 44.9 Å². The zero-order valence-electron chi connectivity index (χ0n) is 11.1. The quantitative estimate of drug-likeness (QED) is 0.776. The lowest BCUT2D eigenvalue weighted by Gasteiger charge is -2.15. The second kappa shape index (κ2) is 5.92. The maximum Gasteiger partial charge on any atom is 0.235 e. The molecular formula is C12H16N4O2S. The minimum atomic E-state index is -0.199. The molecule has 1 amide bonds. The topological polar surface area (TPSA) is 64.2 Å². The minimum Gasteiger partial charge on any atom is -0.467 e. The van der Waals surface area contributed by atoms with E-state index < -0.39 is 0 Å². The van der Waals surface area contributed by atoms with Crippen molar-refractivity contribution in [2.24, 2.45) is 0 Å². The van der Waals surface area contributed by atoms with Crippen molar-refractivity contribution in [2.45, 2.75) is 23.9 Å². The predicted octanol–water partition coefficient (Wildman–Crippen LogP) is 1.49. The molecule has 2 rings (SSSR count). The molecule has 7 heteroatoms. The molecule has 6 nitrogen and oxygen atoms in total. The number of rotatable bonds is 5. The molecule has 2 aromatic rings. The Labute approximate surface area is 115 Å². The van der Waals surface area contributed by atoms with E-state index in [1.165, 1.54) is 11.8 Å². The molecule has 0 aliphatic carbocycles. The van der Waals surface area contributed by atoms with E-state index in [1.807, 2.05) is 23.6 Å².